The molecule has 3 amide bonds. The highest BCUT2D eigenvalue weighted by molar-refractivity contribution is 5.94. The van der Waals surface area contributed by atoms with Crippen LogP contribution in [0.3, 0.4) is 0 Å². The van der Waals surface area contributed by atoms with Crippen LogP contribution >= 0.6 is 0 Å². The number of rotatable bonds is 4. The molecule has 2 aliphatic rings. The molecule has 1 aromatic carbocycles. The molecule has 9 nitrogen and oxygen atoms in total. The number of amides is 3. The second-order valence-corrected chi connectivity index (χ2v) is 9.25. The van der Waals surface area contributed by atoms with Gasteiger partial charge in [0.25, 0.3) is 5.91 Å². The predicted molar refractivity (Wildman–Crippen MR) is 137 cm³/mol. The first-order chi connectivity index (χ1) is 17.6. The van der Waals surface area contributed by atoms with Crippen LogP contribution in [0.1, 0.15) is 36.0 Å². The first kappa shape index (κ1) is 25.5. The van der Waals surface area contributed by atoms with Gasteiger partial charge in [0.15, 0.2) is 0 Å². The molecule has 1 N–H and O–H groups in total. The maximum Gasteiger partial charge on any atom is 0.255 e. The Morgan fingerprint density at radius 3 is 2.53 bits per heavy atom. The van der Waals surface area contributed by atoms with Gasteiger partial charge in [-0.1, -0.05) is 12.1 Å². The molecule has 2 aliphatic heterocycles. The number of pyridine rings is 1. The Morgan fingerprint density at radius 1 is 0.972 bits per heavy atom. The van der Waals surface area contributed by atoms with E-state index in [0.717, 1.165) is 24.5 Å². The number of methoxy groups -OCH3 is 1. The zero-order valence-electron chi connectivity index (χ0n) is 20.9. The number of nitrogens with one attached hydrogen (secondary N) is 1. The number of ether oxygens (including phenoxy) is 1. The van der Waals surface area contributed by atoms with Gasteiger partial charge >= 0.3 is 0 Å². The number of aromatic nitrogens is 1. The van der Waals surface area contributed by atoms with Crippen molar-refractivity contribution in [2.75, 3.05) is 57.8 Å². The zero-order valence-corrected chi connectivity index (χ0v) is 20.9. The molecule has 1 unspecified atom stereocenters. The zero-order chi connectivity index (χ0) is 25.3. The van der Waals surface area contributed by atoms with E-state index in [1.165, 1.54) is 0 Å². The van der Waals surface area contributed by atoms with Gasteiger partial charge in [-0.15, -0.1) is 0 Å². The highest BCUT2D eigenvalue weighted by Crippen LogP contribution is 2.29. The summed E-state index contributed by atoms with van der Waals surface area (Å²) in [4.78, 5) is 48.7. The summed E-state index contributed by atoms with van der Waals surface area (Å²) in [6.45, 7) is 4.09. The number of para-hydroxylation sites is 2. The highest BCUT2D eigenvalue weighted by atomic mass is 16.5. The van der Waals surface area contributed by atoms with Crippen LogP contribution in [-0.2, 0) is 9.59 Å². The average molecular weight is 494 g/mol. The van der Waals surface area contributed by atoms with Crippen molar-refractivity contribution in [2.24, 2.45) is 5.92 Å². The van der Waals surface area contributed by atoms with Crippen molar-refractivity contribution < 1.29 is 19.1 Å². The molecule has 0 saturated carbocycles. The molecule has 0 radical (unpaired) electrons. The number of hydrogen-bond donors (Lipinski definition) is 1. The van der Waals surface area contributed by atoms with Crippen molar-refractivity contribution in [3.8, 4) is 5.75 Å². The van der Waals surface area contributed by atoms with E-state index in [1.807, 2.05) is 29.2 Å². The number of benzene rings is 1. The van der Waals surface area contributed by atoms with Gasteiger partial charge in [-0.3, -0.25) is 19.4 Å². The van der Waals surface area contributed by atoms with Crippen molar-refractivity contribution in [3.05, 3.63) is 54.4 Å². The Hall–Kier alpha value is -3.62. The van der Waals surface area contributed by atoms with Crippen LogP contribution in [0.25, 0.3) is 0 Å². The maximum absolute atomic E-state index is 13.5. The Morgan fingerprint density at radius 2 is 1.78 bits per heavy atom. The lowest BCUT2D eigenvalue weighted by Crippen LogP contribution is -2.50. The standard InChI is InChI=1S/C27H35N5O4/c1-36-24-9-3-2-8-23(24)30-16-18-32(19-17-30)26(34)21-7-5-14-31(15-11-25(33)29-13-10-21)27(35)22-6-4-12-28-20-22/h2-4,6,8-9,12,20-21H,5,7,10-11,13-19H2,1H3,(H,29,33). The molecule has 9 heteroatoms. The molecule has 2 saturated heterocycles. The molecule has 0 spiro atoms. The molecule has 192 valence electrons. The van der Waals surface area contributed by atoms with Crippen molar-refractivity contribution in [1.29, 1.82) is 0 Å². The number of hydrogen-bond acceptors (Lipinski definition) is 6. The van der Waals surface area contributed by atoms with Gasteiger partial charge in [-0.05, 0) is 43.5 Å². The second kappa shape index (κ2) is 12.4. The van der Waals surface area contributed by atoms with Crippen LogP contribution in [0.4, 0.5) is 5.69 Å². The van der Waals surface area contributed by atoms with E-state index < -0.39 is 0 Å². The monoisotopic (exact) mass is 493 g/mol. The second-order valence-electron chi connectivity index (χ2n) is 9.25. The molecule has 0 bridgehead atoms. The molecule has 0 aliphatic carbocycles. The summed E-state index contributed by atoms with van der Waals surface area (Å²) in [5.41, 5.74) is 1.55. The third-order valence-corrected chi connectivity index (χ3v) is 6.97. The van der Waals surface area contributed by atoms with E-state index in [-0.39, 0.29) is 30.1 Å². The highest BCUT2D eigenvalue weighted by Gasteiger charge is 2.29. The maximum atomic E-state index is 13.5. The van der Waals surface area contributed by atoms with Gasteiger partial charge < -0.3 is 24.8 Å². The lowest BCUT2D eigenvalue weighted by Gasteiger charge is -2.38. The van der Waals surface area contributed by atoms with Crippen LogP contribution in [-0.4, -0.2) is 85.4 Å². The fourth-order valence-corrected chi connectivity index (χ4v) is 4.93. The summed E-state index contributed by atoms with van der Waals surface area (Å²) in [7, 11) is 1.67. The fourth-order valence-electron chi connectivity index (χ4n) is 4.93. The molecule has 4 rings (SSSR count). The van der Waals surface area contributed by atoms with Crippen LogP contribution in [0, 0.1) is 5.92 Å². The van der Waals surface area contributed by atoms with Gasteiger partial charge in [0.2, 0.25) is 11.8 Å². The topological polar surface area (TPSA) is 95.1 Å². The van der Waals surface area contributed by atoms with Crippen LogP contribution in [0.2, 0.25) is 0 Å². The number of carbonyl (C=O) groups excluding carboxylic acids is 3. The van der Waals surface area contributed by atoms with E-state index in [0.29, 0.717) is 57.5 Å². The minimum Gasteiger partial charge on any atom is -0.495 e. The molecular formula is C27H35N5O4. The van der Waals surface area contributed by atoms with E-state index in [4.69, 9.17) is 4.74 Å². The Kier molecular flexibility index (Phi) is 8.76. The summed E-state index contributed by atoms with van der Waals surface area (Å²) >= 11 is 0. The Labute approximate surface area is 212 Å². The molecule has 1 aromatic heterocycles. The predicted octanol–water partition coefficient (Wildman–Crippen LogP) is 2.19. The molecule has 1 atom stereocenters. The van der Waals surface area contributed by atoms with E-state index in [1.54, 1.807) is 36.5 Å². The van der Waals surface area contributed by atoms with Gasteiger partial charge in [-0.2, -0.15) is 0 Å². The fraction of sp³-hybridized carbons (Fsp3) is 0.481. The molecular weight excluding hydrogens is 458 g/mol. The van der Waals surface area contributed by atoms with Crippen molar-refractivity contribution >= 4 is 23.4 Å². The number of nitrogens with zero attached hydrogens (tertiary/aromatic N) is 4. The number of anilines is 1. The van der Waals surface area contributed by atoms with Gasteiger partial charge in [-0.25, -0.2) is 0 Å². The lowest BCUT2D eigenvalue weighted by molar-refractivity contribution is -0.136. The van der Waals surface area contributed by atoms with Crippen molar-refractivity contribution in [3.63, 3.8) is 0 Å². The molecule has 2 fully saturated rings. The van der Waals surface area contributed by atoms with E-state index in [2.05, 4.69) is 15.2 Å². The summed E-state index contributed by atoms with van der Waals surface area (Å²) in [5.74, 6) is 0.551. The summed E-state index contributed by atoms with van der Waals surface area (Å²) in [5, 5.41) is 2.93. The molecule has 36 heavy (non-hydrogen) atoms. The smallest absolute Gasteiger partial charge is 0.255 e. The summed E-state index contributed by atoms with van der Waals surface area (Å²) in [6, 6.07) is 11.4. The third kappa shape index (κ3) is 6.33. The van der Waals surface area contributed by atoms with Crippen molar-refractivity contribution in [1.82, 2.24) is 20.1 Å². The minimum atomic E-state index is -0.184. The first-order valence-electron chi connectivity index (χ1n) is 12.7. The summed E-state index contributed by atoms with van der Waals surface area (Å²) in [6.07, 6.45) is 5.41. The minimum absolute atomic E-state index is 0.0995. The summed E-state index contributed by atoms with van der Waals surface area (Å²) < 4.78 is 5.50. The third-order valence-electron chi connectivity index (χ3n) is 6.97. The van der Waals surface area contributed by atoms with Gasteiger partial charge in [0.1, 0.15) is 5.75 Å². The number of carbonyl (C=O) groups is 3. The average Bonchev–Trinajstić information content (AvgIpc) is 2.97. The first-order valence-corrected chi connectivity index (χ1v) is 12.7. The van der Waals surface area contributed by atoms with Crippen LogP contribution in [0.15, 0.2) is 48.8 Å². The van der Waals surface area contributed by atoms with Gasteiger partial charge in [0, 0.05) is 70.5 Å². The van der Waals surface area contributed by atoms with Crippen molar-refractivity contribution in [2.45, 2.75) is 25.7 Å². The van der Waals surface area contributed by atoms with E-state index >= 15 is 0 Å². The Bertz CT molecular complexity index is 1040. The Balaban J connectivity index is 1.37. The normalized spacial score (nSPS) is 19.8. The molecule has 2 aromatic rings. The van der Waals surface area contributed by atoms with Crippen LogP contribution < -0.4 is 15.0 Å². The quantitative estimate of drug-likeness (QED) is 0.702. The SMILES string of the molecule is COc1ccccc1N1CCN(C(=O)C2CCCN(C(=O)c3cccnc3)CCC(=O)NCC2)CC1. The van der Waals surface area contributed by atoms with Gasteiger partial charge in [0.05, 0.1) is 18.4 Å². The van der Waals surface area contributed by atoms with Crippen LogP contribution in [0.5, 0.6) is 5.75 Å². The molecule has 3 heterocycles. The lowest BCUT2D eigenvalue weighted by atomic mass is 9.96. The number of piperazine rings is 1. The van der Waals surface area contributed by atoms with E-state index in [9.17, 15) is 14.4 Å². The largest absolute Gasteiger partial charge is 0.495 e.